The summed E-state index contributed by atoms with van der Waals surface area (Å²) in [6, 6.07) is 31.4. The van der Waals surface area contributed by atoms with Gasteiger partial charge in [-0.3, -0.25) is 0 Å². The number of pyridine rings is 2. The zero-order valence-electron chi connectivity index (χ0n) is 20.0. The molecule has 0 fully saturated rings. The third kappa shape index (κ3) is 3.77. The molecule has 0 aliphatic rings. The van der Waals surface area contributed by atoms with Crippen LogP contribution in [-0.2, 0) is 13.2 Å². The lowest BCUT2D eigenvalue weighted by atomic mass is 9.96. The number of aromatic nitrogens is 1. The minimum atomic E-state index is -0.104. The fraction of sp³-hybridized carbons (Fsp3) is 0.0938. The van der Waals surface area contributed by atoms with E-state index in [2.05, 4.69) is 83.4 Å². The molecule has 0 saturated heterocycles. The van der Waals surface area contributed by atoms with Gasteiger partial charge in [-0.15, -0.1) is 0 Å². The lowest BCUT2D eigenvalue weighted by molar-refractivity contribution is -0.509. The molecule has 0 unspecified atom stereocenters. The Hall–Kier alpha value is -4.25. The third-order valence-corrected chi connectivity index (χ3v) is 6.96. The minimum Gasteiger partial charge on any atom is -0.496 e. The molecule has 36 heavy (non-hydrogen) atoms. The van der Waals surface area contributed by atoms with Gasteiger partial charge < -0.3 is 14.9 Å². The lowest BCUT2D eigenvalue weighted by Crippen LogP contribution is -2.20. The fourth-order valence-electron chi connectivity index (χ4n) is 5.02. The van der Waals surface area contributed by atoms with E-state index in [1.165, 1.54) is 11.1 Å². The molecule has 0 amide bonds. The average Bonchev–Trinajstić information content (AvgIpc) is 2.95. The van der Waals surface area contributed by atoms with Gasteiger partial charge in [-0.25, -0.2) is 0 Å². The number of hydrogen-bond acceptors (Lipinski definition) is 3. The van der Waals surface area contributed by atoms with Gasteiger partial charge in [0, 0.05) is 23.1 Å². The summed E-state index contributed by atoms with van der Waals surface area (Å²) in [5.74, 6) is 0.829. The molecule has 0 spiro atoms. The van der Waals surface area contributed by atoms with Gasteiger partial charge in [-0.05, 0) is 62.9 Å². The normalized spacial score (nSPS) is 11.4. The zero-order valence-corrected chi connectivity index (χ0v) is 20.0. The summed E-state index contributed by atoms with van der Waals surface area (Å²) in [5, 5.41) is 23.7. The molecule has 0 saturated carbocycles. The summed E-state index contributed by atoms with van der Waals surface area (Å²) in [5.41, 5.74) is 7.04. The maximum atomic E-state index is 9.78. The molecule has 4 heteroatoms. The maximum Gasteiger partial charge on any atom is 0.219 e. The van der Waals surface area contributed by atoms with E-state index in [1.807, 2.05) is 24.4 Å². The Morgan fingerprint density at radius 2 is 1.33 bits per heavy atom. The Balaban J connectivity index is 1.54. The van der Waals surface area contributed by atoms with Crippen LogP contribution in [0.2, 0.25) is 0 Å². The molecule has 0 aliphatic heterocycles. The predicted octanol–water partition coefficient (Wildman–Crippen LogP) is 6.06. The molecule has 0 aliphatic carbocycles. The van der Waals surface area contributed by atoms with Crippen molar-refractivity contribution in [2.75, 3.05) is 7.11 Å². The average molecular weight is 473 g/mol. The van der Waals surface area contributed by atoms with Crippen molar-refractivity contribution < 1.29 is 19.4 Å². The number of nitrogens with zero attached hydrogens (tertiary/aromatic N) is 1. The number of methoxy groups -OCH3 is 1. The van der Waals surface area contributed by atoms with E-state index in [0.717, 1.165) is 55.1 Å². The summed E-state index contributed by atoms with van der Waals surface area (Å²) < 4.78 is 7.91. The van der Waals surface area contributed by atoms with Gasteiger partial charge in [0.25, 0.3) is 0 Å². The van der Waals surface area contributed by atoms with Crippen LogP contribution < -0.4 is 9.14 Å². The zero-order chi connectivity index (χ0) is 24.6. The highest BCUT2D eigenvalue weighted by molar-refractivity contribution is 6.01. The minimum absolute atomic E-state index is 0.0987. The molecular formula is C32H26NO3+. The quantitative estimate of drug-likeness (QED) is 0.182. The van der Waals surface area contributed by atoms with E-state index in [9.17, 15) is 10.2 Å². The van der Waals surface area contributed by atoms with Crippen LogP contribution in [-0.4, -0.2) is 17.3 Å². The highest BCUT2D eigenvalue weighted by atomic mass is 16.5. The number of hydrogen-bond donors (Lipinski definition) is 2. The number of fused-ring (bicyclic) bond motifs is 4. The van der Waals surface area contributed by atoms with Crippen LogP contribution in [0.3, 0.4) is 0 Å². The monoisotopic (exact) mass is 472 g/mol. The molecule has 0 atom stereocenters. The fourth-order valence-corrected chi connectivity index (χ4v) is 5.02. The summed E-state index contributed by atoms with van der Waals surface area (Å²) in [7, 11) is 1.71. The maximum absolute atomic E-state index is 9.78. The molecule has 4 nitrogen and oxygen atoms in total. The van der Waals surface area contributed by atoms with Crippen molar-refractivity contribution >= 4 is 27.1 Å². The van der Waals surface area contributed by atoms with Crippen LogP contribution in [0.4, 0.5) is 0 Å². The van der Waals surface area contributed by atoms with Crippen molar-refractivity contribution in [1.29, 1.82) is 0 Å². The Morgan fingerprint density at radius 3 is 2.03 bits per heavy atom. The third-order valence-electron chi connectivity index (χ3n) is 6.96. The van der Waals surface area contributed by atoms with E-state index in [0.29, 0.717) is 0 Å². The van der Waals surface area contributed by atoms with Crippen molar-refractivity contribution in [2.45, 2.75) is 13.2 Å². The second kappa shape index (κ2) is 9.08. The van der Waals surface area contributed by atoms with Crippen molar-refractivity contribution in [3.63, 3.8) is 0 Å². The van der Waals surface area contributed by atoms with Crippen LogP contribution in [0.5, 0.6) is 5.75 Å². The Kier molecular flexibility index (Phi) is 5.61. The van der Waals surface area contributed by atoms with Gasteiger partial charge in [-0.1, -0.05) is 54.6 Å². The van der Waals surface area contributed by atoms with Crippen LogP contribution in [0.15, 0.2) is 103 Å². The van der Waals surface area contributed by atoms with Crippen molar-refractivity contribution in [3.05, 3.63) is 115 Å². The highest BCUT2D eigenvalue weighted by Gasteiger charge is 2.16. The van der Waals surface area contributed by atoms with Crippen LogP contribution in [0, 0.1) is 0 Å². The molecule has 0 bridgehead atoms. The SMILES string of the molecule is COc1cc2cc[n+]3cc4cc(CO)c(CO)cc4cc3c2cc1-c1ccc(-c2ccccc2)cc1. The van der Waals surface area contributed by atoms with E-state index in [-0.39, 0.29) is 13.2 Å². The van der Waals surface area contributed by atoms with Gasteiger partial charge >= 0.3 is 0 Å². The first-order valence-electron chi connectivity index (χ1n) is 12.0. The van der Waals surface area contributed by atoms with Crippen LogP contribution in [0.1, 0.15) is 11.1 Å². The summed E-state index contributed by atoms with van der Waals surface area (Å²) in [6.07, 6.45) is 4.12. The topological polar surface area (TPSA) is 53.8 Å². The molecule has 6 aromatic rings. The number of aliphatic hydroxyl groups excluding tert-OH is 2. The summed E-state index contributed by atoms with van der Waals surface area (Å²) >= 11 is 0. The number of benzene rings is 4. The molecule has 6 rings (SSSR count). The smallest absolute Gasteiger partial charge is 0.219 e. The summed E-state index contributed by atoms with van der Waals surface area (Å²) in [4.78, 5) is 0. The first-order chi connectivity index (χ1) is 17.7. The van der Waals surface area contributed by atoms with E-state index >= 15 is 0 Å². The van der Waals surface area contributed by atoms with E-state index in [1.54, 1.807) is 7.11 Å². The van der Waals surface area contributed by atoms with Gasteiger partial charge in [0.2, 0.25) is 5.52 Å². The molecule has 2 aromatic heterocycles. The Morgan fingerprint density at radius 1 is 0.667 bits per heavy atom. The second-order valence-electron chi connectivity index (χ2n) is 9.03. The van der Waals surface area contributed by atoms with E-state index in [4.69, 9.17) is 4.74 Å². The van der Waals surface area contributed by atoms with Crippen molar-refractivity contribution in [3.8, 4) is 28.0 Å². The molecule has 2 N–H and O–H groups in total. The molecule has 0 radical (unpaired) electrons. The number of rotatable bonds is 5. The van der Waals surface area contributed by atoms with Gasteiger partial charge in [0.05, 0.1) is 25.7 Å². The van der Waals surface area contributed by atoms with Crippen molar-refractivity contribution in [1.82, 2.24) is 0 Å². The van der Waals surface area contributed by atoms with Crippen molar-refractivity contribution in [2.24, 2.45) is 0 Å². The highest BCUT2D eigenvalue weighted by Crippen LogP contribution is 2.36. The first kappa shape index (κ1) is 22.2. The standard InChI is InChI=1S/C32H26NO3/c1-36-32-16-24-11-12-33-18-26-14-28(20-35)27(19-34)13-25(26)15-31(33)29(24)17-30(32)23-9-7-22(8-10-23)21-5-3-2-4-6-21/h2-18,34-35H,19-20H2,1H3/q+1. The lowest BCUT2D eigenvalue weighted by Gasteiger charge is -2.12. The number of ether oxygens (including phenoxy) is 1. The van der Waals surface area contributed by atoms with E-state index < -0.39 is 0 Å². The first-order valence-corrected chi connectivity index (χ1v) is 12.0. The van der Waals surface area contributed by atoms with Crippen LogP contribution in [0.25, 0.3) is 49.3 Å². The van der Waals surface area contributed by atoms with Gasteiger partial charge in [0.1, 0.15) is 5.75 Å². The predicted molar refractivity (Wildman–Crippen MR) is 144 cm³/mol. The molecule has 176 valence electrons. The largest absolute Gasteiger partial charge is 0.496 e. The van der Waals surface area contributed by atoms with Crippen LogP contribution >= 0.6 is 0 Å². The summed E-state index contributed by atoms with van der Waals surface area (Å²) in [6.45, 7) is -0.203. The Bertz CT molecular complexity index is 1730. The molecule has 2 heterocycles. The molecule has 4 aromatic carbocycles. The van der Waals surface area contributed by atoms with Gasteiger partial charge in [-0.2, -0.15) is 4.40 Å². The van der Waals surface area contributed by atoms with Gasteiger partial charge in [0.15, 0.2) is 12.4 Å². The molecular weight excluding hydrogens is 446 g/mol. The number of aliphatic hydroxyl groups is 2. The Labute approximate surface area is 209 Å². The second-order valence-corrected chi connectivity index (χ2v) is 9.03.